The number of carbonyl (C=O) groups excluding carboxylic acids is 1. The molecule has 1 unspecified atom stereocenters. The van der Waals surface area contributed by atoms with Crippen LogP contribution in [0.4, 0.5) is 4.79 Å². The average molecular weight is 324 g/mol. The maximum absolute atomic E-state index is 11.8. The number of amides is 2. The molecule has 1 aromatic rings. The molecular formula is C17H29N3OS. The number of aryl methyl sites for hydroxylation is 1. The summed E-state index contributed by atoms with van der Waals surface area (Å²) in [4.78, 5) is 16.9. The Labute approximate surface area is 138 Å². The van der Waals surface area contributed by atoms with E-state index in [1.807, 2.05) is 0 Å². The number of thiophene rings is 1. The Morgan fingerprint density at radius 1 is 1.32 bits per heavy atom. The van der Waals surface area contributed by atoms with Gasteiger partial charge in [-0.05, 0) is 51.3 Å². The van der Waals surface area contributed by atoms with Crippen LogP contribution in [0.3, 0.4) is 0 Å². The molecule has 0 saturated carbocycles. The molecule has 1 atom stereocenters. The molecule has 0 radical (unpaired) electrons. The quantitative estimate of drug-likeness (QED) is 0.756. The SMILES string of the molecule is CCc1ccc(CNC(=O)NCCCN2CCCCC2C)s1. The topological polar surface area (TPSA) is 44.4 Å². The molecule has 1 aromatic heterocycles. The zero-order chi connectivity index (χ0) is 15.8. The number of carbonyl (C=O) groups is 1. The lowest BCUT2D eigenvalue weighted by atomic mass is 10.0. The van der Waals surface area contributed by atoms with Gasteiger partial charge < -0.3 is 15.5 Å². The third kappa shape index (κ3) is 5.61. The molecule has 1 saturated heterocycles. The number of hydrogen-bond donors (Lipinski definition) is 2. The van der Waals surface area contributed by atoms with Gasteiger partial charge in [-0.3, -0.25) is 0 Å². The van der Waals surface area contributed by atoms with Gasteiger partial charge >= 0.3 is 6.03 Å². The lowest BCUT2D eigenvalue weighted by Crippen LogP contribution is -2.40. The monoisotopic (exact) mass is 323 g/mol. The highest BCUT2D eigenvalue weighted by Crippen LogP contribution is 2.17. The van der Waals surface area contributed by atoms with Gasteiger partial charge in [0, 0.05) is 28.9 Å². The summed E-state index contributed by atoms with van der Waals surface area (Å²) in [5.41, 5.74) is 0. The van der Waals surface area contributed by atoms with Gasteiger partial charge in [0.05, 0.1) is 6.54 Å². The summed E-state index contributed by atoms with van der Waals surface area (Å²) in [6.45, 7) is 8.14. The van der Waals surface area contributed by atoms with Gasteiger partial charge in [-0.25, -0.2) is 4.79 Å². The summed E-state index contributed by atoms with van der Waals surface area (Å²) < 4.78 is 0. The van der Waals surface area contributed by atoms with Crippen LogP contribution >= 0.6 is 11.3 Å². The van der Waals surface area contributed by atoms with Gasteiger partial charge in [-0.15, -0.1) is 11.3 Å². The van der Waals surface area contributed by atoms with Crippen molar-refractivity contribution in [1.29, 1.82) is 0 Å². The van der Waals surface area contributed by atoms with E-state index in [2.05, 4.69) is 41.5 Å². The Morgan fingerprint density at radius 2 is 2.14 bits per heavy atom. The van der Waals surface area contributed by atoms with Crippen LogP contribution in [0, 0.1) is 0 Å². The highest BCUT2D eigenvalue weighted by atomic mass is 32.1. The third-order valence-electron chi connectivity index (χ3n) is 4.34. The summed E-state index contributed by atoms with van der Waals surface area (Å²) >= 11 is 1.77. The van der Waals surface area contributed by atoms with Gasteiger partial charge in [0.2, 0.25) is 0 Å². The second-order valence-corrected chi connectivity index (χ2v) is 7.32. The van der Waals surface area contributed by atoms with E-state index >= 15 is 0 Å². The second kappa shape index (κ2) is 9.16. The van der Waals surface area contributed by atoms with E-state index in [1.54, 1.807) is 11.3 Å². The molecule has 124 valence electrons. The molecule has 1 aliphatic rings. The number of rotatable bonds is 7. The lowest BCUT2D eigenvalue weighted by molar-refractivity contribution is 0.159. The minimum absolute atomic E-state index is 0.0573. The Kier molecular flexibility index (Phi) is 7.19. The Morgan fingerprint density at radius 3 is 2.86 bits per heavy atom. The van der Waals surface area contributed by atoms with Gasteiger partial charge in [0.15, 0.2) is 0 Å². The van der Waals surface area contributed by atoms with Gasteiger partial charge in [-0.2, -0.15) is 0 Å². The van der Waals surface area contributed by atoms with Crippen LogP contribution < -0.4 is 10.6 Å². The first-order valence-electron chi connectivity index (χ1n) is 8.52. The number of likely N-dealkylation sites (tertiary alicyclic amines) is 1. The van der Waals surface area contributed by atoms with Crippen LogP contribution in [-0.2, 0) is 13.0 Å². The van der Waals surface area contributed by atoms with Crippen molar-refractivity contribution >= 4 is 17.4 Å². The molecule has 2 heterocycles. The Hall–Kier alpha value is -1.07. The van der Waals surface area contributed by atoms with E-state index in [0.717, 1.165) is 25.9 Å². The van der Waals surface area contributed by atoms with Crippen molar-refractivity contribution in [2.24, 2.45) is 0 Å². The average Bonchev–Trinajstić information content (AvgIpc) is 2.99. The minimum Gasteiger partial charge on any atom is -0.338 e. The molecule has 2 rings (SSSR count). The molecule has 4 nitrogen and oxygen atoms in total. The first-order valence-corrected chi connectivity index (χ1v) is 9.34. The zero-order valence-corrected chi connectivity index (χ0v) is 14.7. The molecule has 0 spiro atoms. The van der Waals surface area contributed by atoms with Crippen molar-refractivity contribution in [2.45, 2.75) is 58.5 Å². The van der Waals surface area contributed by atoms with Gasteiger partial charge in [0.1, 0.15) is 0 Å². The van der Waals surface area contributed by atoms with E-state index in [0.29, 0.717) is 12.6 Å². The number of nitrogens with one attached hydrogen (secondary N) is 2. The van der Waals surface area contributed by atoms with Crippen LogP contribution in [0.15, 0.2) is 12.1 Å². The number of nitrogens with zero attached hydrogens (tertiary/aromatic N) is 1. The minimum atomic E-state index is -0.0573. The predicted molar refractivity (Wildman–Crippen MR) is 93.4 cm³/mol. The van der Waals surface area contributed by atoms with Gasteiger partial charge in [0.25, 0.3) is 0 Å². The van der Waals surface area contributed by atoms with Crippen molar-refractivity contribution in [1.82, 2.24) is 15.5 Å². The van der Waals surface area contributed by atoms with Crippen molar-refractivity contribution in [3.8, 4) is 0 Å². The largest absolute Gasteiger partial charge is 0.338 e. The molecule has 2 amide bonds. The van der Waals surface area contributed by atoms with Crippen molar-refractivity contribution in [3.63, 3.8) is 0 Å². The fourth-order valence-electron chi connectivity index (χ4n) is 2.91. The summed E-state index contributed by atoms with van der Waals surface area (Å²) in [6.07, 6.45) is 6.08. The molecular weight excluding hydrogens is 294 g/mol. The molecule has 0 aromatic carbocycles. The number of urea groups is 1. The van der Waals surface area contributed by atoms with Crippen LogP contribution in [-0.4, -0.2) is 36.6 Å². The standard InChI is InChI=1S/C17H29N3OS/c1-3-15-8-9-16(22-15)13-19-17(21)18-10-6-12-20-11-5-4-7-14(20)2/h8-9,14H,3-7,10-13H2,1-2H3,(H2,18,19,21). The fourth-order valence-corrected chi connectivity index (χ4v) is 3.81. The molecule has 1 aliphatic heterocycles. The highest BCUT2D eigenvalue weighted by molar-refractivity contribution is 7.11. The van der Waals surface area contributed by atoms with E-state index in [-0.39, 0.29) is 6.03 Å². The summed E-state index contributed by atoms with van der Waals surface area (Å²) in [5, 5.41) is 5.89. The number of hydrogen-bond acceptors (Lipinski definition) is 3. The van der Waals surface area contributed by atoms with Crippen LogP contribution in [0.2, 0.25) is 0 Å². The maximum atomic E-state index is 11.8. The smallest absolute Gasteiger partial charge is 0.315 e. The highest BCUT2D eigenvalue weighted by Gasteiger charge is 2.17. The number of piperidine rings is 1. The maximum Gasteiger partial charge on any atom is 0.315 e. The molecule has 0 aliphatic carbocycles. The van der Waals surface area contributed by atoms with Crippen LogP contribution in [0.5, 0.6) is 0 Å². The normalized spacial score (nSPS) is 19.1. The van der Waals surface area contributed by atoms with Crippen LogP contribution in [0.1, 0.15) is 49.3 Å². The van der Waals surface area contributed by atoms with E-state index in [4.69, 9.17) is 0 Å². The van der Waals surface area contributed by atoms with Crippen molar-refractivity contribution in [3.05, 3.63) is 21.9 Å². The van der Waals surface area contributed by atoms with Crippen molar-refractivity contribution in [2.75, 3.05) is 19.6 Å². The Bertz CT molecular complexity index is 461. The zero-order valence-electron chi connectivity index (χ0n) is 13.9. The molecule has 5 heteroatoms. The molecule has 22 heavy (non-hydrogen) atoms. The first kappa shape index (κ1) is 17.3. The molecule has 1 fully saturated rings. The molecule has 0 bridgehead atoms. The van der Waals surface area contributed by atoms with Gasteiger partial charge in [-0.1, -0.05) is 13.3 Å². The van der Waals surface area contributed by atoms with E-state index < -0.39 is 0 Å². The van der Waals surface area contributed by atoms with E-state index in [9.17, 15) is 4.79 Å². The third-order valence-corrected chi connectivity index (χ3v) is 5.57. The summed E-state index contributed by atoms with van der Waals surface area (Å²) in [7, 11) is 0. The predicted octanol–water partition coefficient (Wildman–Crippen LogP) is 3.37. The summed E-state index contributed by atoms with van der Waals surface area (Å²) in [5.74, 6) is 0. The second-order valence-electron chi connectivity index (χ2n) is 6.07. The van der Waals surface area contributed by atoms with Crippen LogP contribution in [0.25, 0.3) is 0 Å². The Balaban J connectivity index is 1.55. The van der Waals surface area contributed by atoms with Crippen molar-refractivity contribution < 1.29 is 4.79 Å². The fraction of sp³-hybridized carbons (Fsp3) is 0.706. The van der Waals surface area contributed by atoms with E-state index in [1.165, 1.54) is 35.6 Å². The first-order chi connectivity index (χ1) is 10.7. The lowest BCUT2D eigenvalue weighted by Gasteiger charge is -2.33. The molecule has 2 N–H and O–H groups in total. The summed E-state index contributed by atoms with van der Waals surface area (Å²) in [6, 6.07) is 4.88.